The monoisotopic (exact) mass is 386 g/mol. The number of carbonyl (C=O) groups excluding carboxylic acids is 2. The van der Waals surface area contributed by atoms with E-state index in [4.69, 9.17) is 4.74 Å². The minimum Gasteiger partial charge on any atom is -0.453 e. The van der Waals surface area contributed by atoms with Crippen molar-refractivity contribution in [3.05, 3.63) is 0 Å². The van der Waals surface area contributed by atoms with E-state index in [2.05, 4.69) is 47.6 Å². The van der Waals surface area contributed by atoms with Crippen LogP contribution in [0.25, 0.3) is 0 Å². The molecule has 3 aliphatic rings. The van der Waals surface area contributed by atoms with Crippen molar-refractivity contribution in [2.45, 2.75) is 62.7 Å². The van der Waals surface area contributed by atoms with Crippen LogP contribution in [0.4, 0.5) is 4.79 Å². The molecule has 0 radical (unpaired) electrons. The summed E-state index contributed by atoms with van der Waals surface area (Å²) < 4.78 is 5.05. The van der Waals surface area contributed by atoms with Gasteiger partial charge in [0.05, 0.1) is 11.2 Å². The second-order valence-electron chi connectivity index (χ2n) is 8.05. The van der Waals surface area contributed by atoms with Crippen LogP contribution in [0.15, 0.2) is 0 Å². The molecule has 2 heterocycles. The van der Waals surface area contributed by atoms with Gasteiger partial charge in [-0.1, -0.05) is 27.7 Å². The van der Waals surface area contributed by atoms with Crippen LogP contribution in [0.5, 0.6) is 0 Å². The van der Waals surface area contributed by atoms with Crippen LogP contribution < -0.4 is 5.32 Å². The van der Waals surface area contributed by atoms with E-state index in [1.165, 1.54) is 18.6 Å². The van der Waals surface area contributed by atoms with Gasteiger partial charge in [-0.3, -0.25) is 4.79 Å². The lowest BCUT2D eigenvalue weighted by Gasteiger charge is -2.46. The second kappa shape index (κ2) is 7.22. The molecular weight excluding hydrogens is 356 g/mol. The summed E-state index contributed by atoms with van der Waals surface area (Å²) >= 11 is 4.23. The first-order valence-electron chi connectivity index (χ1n) is 9.25. The number of hydrogen-bond donors (Lipinski definition) is 1. The van der Waals surface area contributed by atoms with Crippen molar-refractivity contribution < 1.29 is 14.3 Å². The van der Waals surface area contributed by atoms with Gasteiger partial charge in [-0.05, 0) is 24.7 Å². The molecular formula is C18H30N2O3S2. The highest BCUT2D eigenvalue weighted by Crippen LogP contribution is 2.64. The van der Waals surface area contributed by atoms with E-state index in [0.717, 1.165) is 12.8 Å². The number of nitrogens with zero attached hydrogens (tertiary/aromatic N) is 1. The number of amides is 2. The number of fused-ring (bicyclic) bond motifs is 3. The summed E-state index contributed by atoms with van der Waals surface area (Å²) in [5, 5.41) is 2.76. The number of piperidine rings is 1. The molecule has 1 saturated carbocycles. The van der Waals surface area contributed by atoms with Gasteiger partial charge in [0.25, 0.3) is 0 Å². The van der Waals surface area contributed by atoms with Gasteiger partial charge >= 0.3 is 6.09 Å². The van der Waals surface area contributed by atoms with Crippen LogP contribution in [-0.4, -0.2) is 57.7 Å². The Kier molecular flexibility index (Phi) is 5.55. The van der Waals surface area contributed by atoms with Crippen LogP contribution in [-0.2, 0) is 9.53 Å². The van der Waals surface area contributed by atoms with Crippen LogP contribution in [0.2, 0.25) is 0 Å². The standard InChI is InChI=1S/C18H30N2O3S2/c1-10(2)14(19-17(22)23-5)16(21)20-12-8-13(15(20)11(3)4)18(9-12)24-6-7-25-18/h10-15H,6-9H2,1-5H3,(H,19,22)/t12-,13-,14-,15+/m0/s1. The number of carbonyl (C=O) groups is 2. The van der Waals surface area contributed by atoms with Crippen LogP contribution in [0.3, 0.4) is 0 Å². The Balaban J connectivity index is 1.83. The third-order valence-electron chi connectivity index (χ3n) is 5.84. The van der Waals surface area contributed by atoms with Gasteiger partial charge < -0.3 is 15.0 Å². The molecule has 5 nitrogen and oxygen atoms in total. The minimum atomic E-state index is -0.532. The SMILES string of the molecule is COC(=O)N[C@H](C(=O)N1[C@H]2C[C@@H]([C@H]1C(C)C)C1(C2)SCCS1)C(C)C. The molecule has 3 fully saturated rings. The zero-order valence-corrected chi connectivity index (χ0v) is 17.4. The Morgan fingerprint density at radius 2 is 1.84 bits per heavy atom. The van der Waals surface area contributed by atoms with E-state index in [0.29, 0.717) is 22.0 Å². The highest BCUT2D eigenvalue weighted by molar-refractivity contribution is 8.21. The highest BCUT2D eigenvalue weighted by Gasteiger charge is 2.63. The van der Waals surface area contributed by atoms with E-state index in [-0.39, 0.29) is 17.9 Å². The number of ether oxygens (including phenoxy) is 1. The molecule has 2 saturated heterocycles. The molecule has 1 aliphatic carbocycles. The molecule has 0 aromatic carbocycles. The lowest BCUT2D eigenvalue weighted by Crippen LogP contribution is -2.59. The van der Waals surface area contributed by atoms with E-state index in [1.54, 1.807) is 0 Å². The van der Waals surface area contributed by atoms with E-state index >= 15 is 0 Å². The zero-order chi connectivity index (χ0) is 18.4. The predicted octanol–water partition coefficient (Wildman–Crippen LogP) is 3.19. The number of likely N-dealkylation sites (tertiary alicyclic amines) is 1. The Morgan fingerprint density at radius 3 is 2.36 bits per heavy atom. The fourth-order valence-electron chi connectivity index (χ4n) is 4.86. The summed E-state index contributed by atoms with van der Waals surface area (Å²) in [6.07, 6.45) is 1.67. The van der Waals surface area contributed by atoms with Crippen molar-refractivity contribution in [1.29, 1.82) is 0 Å². The zero-order valence-electron chi connectivity index (χ0n) is 15.8. The summed E-state index contributed by atoms with van der Waals surface area (Å²) in [5.74, 6) is 3.53. The number of thioether (sulfide) groups is 2. The first-order chi connectivity index (χ1) is 11.8. The molecule has 1 spiro atoms. The van der Waals surface area contributed by atoms with Crippen molar-refractivity contribution in [2.75, 3.05) is 18.6 Å². The predicted molar refractivity (Wildman–Crippen MR) is 104 cm³/mol. The molecule has 0 aromatic rings. The molecule has 25 heavy (non-hydrogen) atoms. The van der Waals surface area contributed by atoms with Crippen LogP contribution >= 0.6 is 23.5 Å². The summed E-state index contributed by atoms with van der Waals surface area (Å²) in [4.78, 5) is 27.2. The maximum Gasteiger partial charge on any atom is 0.407 e. The fraction of sp³-hybridized carbons (Fsp3) is 0.889. The van der Waals surface area contributed by atoms with E-state index in [1.807, 2.05) is 13.8 Å². The van der Waals surface area contributed by atoms with Crippen LogP contribution in [0, 0.1) is 17.8 Å². The lowest BCUT2D eigenvalue weighted by molar-refractivity contribution is -0.140. The van der Waals surface area contributed by atoms with Gasteiger partial charge in [-0.15, -0.1) is 23.5 Å². The fourth-order valence-corrected chi connectivity index (χ4v) is 8.57. The van der Waals surface area contributed by atoms with Gasteiger partial charge in [0, 0.05) is 29.5 Å². The van der Waals surface area contributed by atoms with Crippen LogP contribution in [0.1, 0.15) is 40.5 Å². The third kappa shape index (κ3) is 3.27. The van der Waals surface area contributed by atoms with Gasteiger partial charge in [0.2, 0.25) is 5.91 Å². The molecule has 2 bridgehead atoms. The Labute approximate surface area is 159 Å². The largest absolute Gasteiger partial charge is 0.453 e. The maximum absolute atomic E-state index is 13.4. The van der Waals surface area contributed by atoms with Crippen molar-refractivity contribution >= 4 is 35.5 Å². The van der Waals surface area contributed by atoms with Crippen molar-refractivity contribution in [3.63, 3.8) is 0 Å². The molecule has 2 amide bonds. The average molecular weight is 387 g/mol. The minimum absolute atomic E-state index is 0.0303. The highest BCUT2D eigenvalue weighted by atomic mass is 32.2. The first-order valence-corrected chi connectivity index (χ1v) is 11.2. The summed E-state index contributed by atoms with van der Waals surface area (Å²) in [7, 11) is 1.34. The lowest BCUT2D eigenvalue weighted by atomic mass is 9.87. The Bertz CT molecular complexity index is 534. The molecule has 2 aliphatic heterocycles. The molecule has 0 aromatic heterocycles. The summed E-state index contributed by atoms with van der Waals surface area (Å²) in [6, 6.07) is 0.0571. The number of rotatable bonds is 4. The number of methoxy groups -OCH3 is 1. The number of alkyl carbamates (subject to hydrolysis) is 1. The third-order valence-corrected chi connectivity index (χ3v) is 9.54. The number of nitrogens with one attached hydrogen (secondary N) is 1. The van der Waals surface area contributed by atoms with Gasteiger partial charge in [0.15, 0.2) is 0 Å². The Morgan fingerprint density at radius 1 is 1.20 bits per heavy atom. The molecule has 7 heteroatoms. The number of hydrogen-bond acceptors (Lipinski definition) is 5. The Hall–Kier alpha value is -0.560. The van der Waals surface area contributed by atoms with Crippen molar-refractivity contribution in [1.82, 2.24) is 10.2 Å². The molecule has 3 rings (SSSR count). The molecule has 1 N–H and O–H groups in total. The molecule has 142 valence electrons. The normalized spacial score (nSPS) is 31.2. The van der Waals surface area contributed by atoms with Gasteiger partial charge in [-0.25, -0.2) is 4.79 Å². The van der Waals surface area contributed by atoms with Gasteiger partial charge in [-0.2, -0.15) is 0 Å². The molecule has 4 atom stereocenters. The van der Waals surface area contributed by atoms with Crippen molar-refractivity contribution in [3.8, 4) is 0 Å². The van der Waals surface area contributed by atoms with E-state index < -0.39 is 12.1 Å². The van der Waals surface area contributed by atoms with Crippen molar-refractivity contribution in [2.24, 2.45) is 17.8 Å². The first kappa shape index (κ1) is 19.2. The second-order valence-corrected chi connectivity index (χ2v) is 11.2. The smallest absolute Gasteiger partial charge is 0.407 e. The quantitative estimate of drug-likeness (QED) is 0.804. The van der Waals surface area contributed by atoms with Gasteiger partial charge in [0.1, 0.15) is 6.04 Å². The topological polar surface area (TPSA) is 58.6 Å². The summed E-state index contributed by atoms with van der Waals surface area (Å²) in [6.45, 7) is 8.40. The summed E-state index contributed by atoms with van der Waals surface area (Å²) in [5.41, 5.74) is 0. The average Bonchev–Trinajstić information content (AvgIpc) is 3.25. The maximum atomic E-state index is 13.4. The molecule has 0 unspecified atom stereocenters. The van der Waals surface area contributed by atoms with E-state index in [9.17, 15) is 9.59 Å².